The average Bonchev–Trinajstić information content (AvgIpc) is 3.28. The molecule has 142 valence electrons. The summed E-state index contributed by atoms with van der Waals surface area (Å²) >= 11 is 1.76. The third-order valence-electron chi connectivity index (χ3n) is 6.10. The van der Waals surface area contributed by atoms with Crippen molar-refractivity contribution in [1.82, 2.24) is 0 Å². The first-order valence-electron chi connectivity index (χ1n) is 9.40. The Balaban J connectivity index is 1.76. The zero-order chi connectivity index (χ0) is 19.1. The molecule has 4 rings (SSSR count). The normalized spacial score (nSPS) is 19.2. The fraction of sp³-hybridized carbons (Fsp3) is 0.364. The van der Waals surface area contributed by atoms with Crippen LogP contribution in [0, 0.1) is 5.41 Å². The van der Waals surface area contributed by atoms with Crippen molar-refractivity contribution in [2.75, 3.05) is 6.26 Å². The molecule has 0 radical (unpaired) electrons. The minimum Gasteiger partial charge on any atom is -0.225 e. The molecule has 2 aromatic rings. The van der Waals surface area contributed by atoms with E-state index in [0.29, 0.717) is 5.41 Å². The minimum atomic E-state index is -3.66. The van der Waals surface area contributed by atoms with Crippen LogP contribution in [0.2, 0.25) is 0 Å². The Labute approximate surface area is 166 Å². The van der Waals surface area contributed by atoms with Gasteiger partial charge in [0, 0.05) is 4.90 Å². The molecule has 0 bridgehead atoms. The lowest BCUT2D eigenvalue weighted by Crippen LogP contribution is -2.12. The van der Waals surface area contributed by atoms with Crippen LogP contribution in [0.5, 0.6) is 0 Å². The summed E-state index contributed by atoms with van der Waals surface area (Å²) in [4.78, 5) is 1.44. The molecular formula is C22H25NO2S2. The van der Waals surface area contributed by atoms with Gasteiger partial charge in [-0.2, -0.15) is 0 Å². The molecule has 0 aliphatic heterocycles. The number of thioether (sulfide) groups is 1. The predicted octanol–water partition coefficient (Wildman–Crippen LogP) is 5.32. The number of hydrogen-bond donors (Lipinski definition) is 1. The van der Waals surface area contributed by atoms with Gasteiger partial charge in [-0.05, 0) is 83.9 Å². The Hall–Kier alpha value is -1.56. The molecule has 0 aromatic heterocycles. The number of benzene rings is 2. The lowest BCUT2D eigenvalue weighted by atomic mass is 9.81. The lowest BCUT2D eigenvalue weighted by molar-refractivity contribution is 0.330. The van der Waals surface area contributed by atoms with Gasteiger partial charge in [-0.1, -0.05) is 37.1 Å². The molecule has 2 aromatic carbocycles. The van der Waals surface area contributed by atoms with Crippen molar-refractivity contribution < 1.29 is 8.42 Å². The quantitative estimate of drug-likeness (QED) is 0.708. The van der Waals surface area contributed by atoms with Crippen molar-refractivity contribution in [3.8, 4) is 0 Å². The zero-order valence-electron chi connectivity index (χ0n) is 15.6. The summed E-state index contributed by atoms with van der Waals surface area (Å²) in [6, 6.07) is 15.9. The fourth-order valence-corrected chi connectivity index (χ4v) is 5.62. The summed E-state index contributed by atoms with van der Waals surface area (Å²) in [5, 5.41) is 5.26. The van der Waals surface area contributed by atoms with Crippen molar-refractivity contribution in [3.63, 3.8) is 0 Å². The van der Waals surface area contributed by atoms with Gasteiger partial charge in [0.2, 0.25) is 10.0 Å². The second kappa shape index (κ2) is 7.12. The molecule has 5 heteroatoms. The Morgan fingerprint density at radius 1 is 0.852 bits per heavy atom. The zero-order valence-corrected chi connectivity index (χ0v) is 17.2. The van der Waals surface area contributed by atoms with E-state index in [4.69, 9.17) is 5.14 Å². The van der Waals surface area contributed by atoms with E-state index in [-0.39, 0.29) is 4.90 Å². The summed E-state index contributed by atoms with van der Waals surface area (Å²) in [5.41, 5.74) is 5.60. The Morgan fingerprint density at radius 3 is 1.78 bits per heavy atom. The van der Waals surface area contributed by atoms with E-state index in [9.17, 15) is 8.42 Å². The van der Waals surface area contributed by atoms with Gasteiger partial charge in [0.05, 0.1) is 4.90 Å². The van der Waals surface area contributed by atoms with E-state index in [1.54, 1.807) is 23.9 Å². The van der Waals surface area contributed by atoms with Gasteiger partial charge in [0.15, 0.2) is 0 Å². The summed E-state index contributed by atoms with van der Waals surface area (Å²) in [6.07, 6.45) is 9.51. The van der Waals surface area contributed by atoms with Crippen LogP contribution in [-0.2, 0) is 10.0 Å². The molecule has 2 N–H and O–H groups in total. The second-order valence-electron chi connectivity index (χ2n) is 7.82. The maximum absolute atomic E-state index is 11.6. The molecular weight excluding hydrogens is 374 g/mol. The van der Waals surface area contributed by atoms with Crippen molar-refractivity contribution in [1.29, 1.82) is 0 Å². The highest BCUT2D eigenvalue weighted by molar-refractivity contribution is 7.98. The van der Waals surface area contributed by atoms with Crippen molar-refractivity contribution in [2.45, 2.75) is 48.3 Å². The maximum atomic E-state index is 11.6. The monoisotopic (exact) mass is 399 g/mol. The third kappa shape index (κ3) is 3.73. The molecule has 3 nitrogen and oxygen atoms in total. The van der Waals surface area contributed by atoms with E-state index >= 15 is 0 Å². The highest BCUT2D eigenvalue weighted by Crippen LogP contribution is 2.57. The van der Waals surface area contributed by atoms with Crippen LogP contribution in [0.25, 0.3) is 11.1 Å². The lowest BCUT2D eigenvalue weighted by Gasteiger charge is -2.23. The molecule has 1 saturated carbocycles. The van der Waals surface area contributed by atoms with Crippen molar-refractivity contribution in [2.24, 2.45) is 10.6 Å². The highest BCUT2D eigenvalue weighted by Gasteiger charge is 2.41. The molecule has 2 aliphatic carbocycles. The fourth-order valence-electron chi connectivity index (χ4n) is 4.70. The van der Waals surface area contributed by atoms with Gasteiger partial charge in [-0.15, -0.1) is 11.8 Å². The van der Waals surface area contributed by atoms with Gasteiger partial charge in [-0.25, -0.2) is 13.6 Å². The molecule has 0 unspecified atom stereocenters. The van der Waals surface area contributed by atoms with Crippen LogP contribution in [0.4, 0.5) is 0 Å². The van der Waals surface area contributed by atoms with Gasteiger partial charge in [0.1, 0.15) is 0 Å². The molecule has 1 spiro atoms. The van der Waals surface area contributed by atoms with E-state index in [0.717, 1.165) is 18.4 Å². The average molecular weight is 400 g/mol. The Kier molecular flexibility index (Phi) is 4.95. The van der Waals surface area contributed by atoms with Crippen LogP contribution in [0.1, 0.15) is 49.7 Å². The van der Waals surface area contributed by atoms with Crippen LogP contribution in [-0.4, -0.2) is 14.7 Å². The summed E-state index contributed by atoms with van der Waals surface area (Å²) in [5.74, 6) is 0. The SMILES string of the molecule is CSc1ccc(C2=C(c3ccc(S(N)(=O)=O)cc3)CC3(CCCC3)C2)cc1. The van der Waals surface area contributed by atoms with Crippen molar-refractivity contribution >= 4 is 32.9 Å². The first-order valence-corrected chi connectivity index (χ1v) is 12.2. The van der Waals surface area contributed by atoms with E-state index < -0.39 is 10.0 Å². The Bertz CT molecular complexity index is 968. The standard InChI is InChI=1S/C22H25NO2S2/c1-26-18-8-4-16(5-9-18)20-14-22(12-2-3-13-22)15-21(20)17-6-10-19(11-7-17)27(23,24)25/h4-11H,2-3,12-15H2,1H3,(H2,23,24,25). The number of allylic oxidation sites excluding steroid dienone is 2. The van der Waals surface area contributed by atoms with E-state index in [1.807, 2.05) is 12.1 Å². The molecule has 27 heavy (non-hydrogen) atoms. The van der Waals surface area contributed by atoms with Crippen LogP contribution >= 0.6 is 11.8 Å². The molecule has 1 fully saturated rings. The number of hydrogen-bond acceptors (Lipinski definition) is 3. The third-order valence-corrected chi connectivity index (χ3v) is 7.77. The number of rotatable bonds is 4. The second-order valence-corrected chi connectivity index (χ2v) is 10.3. The molecule has 2 aliphatic rings. The topological polar surface area (TPSA) is 60.2 Å². The molecule has 0 amide bonds. The summed E-state index contributed by atoms with van der Waals surface area (Å²) < 4.78 is 23.2. The number of primary sulfonamides is 1. The van der Waals surface area contributed by atoms with Crippen molar-refractivity contribution in [3.05, 3.63) is 59.7 Å². The van der Waals surface area contributed by atoms with Gasteiger partial charge in [0.25, 0.3) is 0 Å². The first-order chi connectivity index (χ1) is 12.9. The highest BCUT2D eigenvalue weighted by atomic mass is 32.2. The number of sulfonamides is 1. The minimum absolute atomic E-state index is 0.173. The Morgan fingerprint density at radius 2 is 1.33 bits per heavy atom. The van der Waals surface area contributed by atoms with E-state index in [2.05, 4.69) is 30.5 Å². The maximum Gasteiger partial charge on any atom is 0.238 e. The van der Waals surface area contributed by atoms with Crippen LogP contribution in [0.15, 0.2) is 58.3 Å². The molecule has 0 saturated heterocycles. The molecule has 0 atom stereocenters. The van der Waals surface area contributed by atoms with E-state index in [1.165, 1.54) is 47.3 Å². The first kappa shape index (κ1) is 18.8. The van der Waals surface area contributed by atoms with Crippen LogP contribution < -0.4 is 5.14 Å². The van der Waals surface area contributed by atoms with Gasteiger partial charge in [-0.3, -0.25) is 0 Å². The smallest absolute Gasteiger partial charge is 0.225 e. The molecule has 0 heterocycles. The van der Waals surface area contributed by atoms with Crippen LogP contribution in [0.3, 0.4) is 0 Å². The number of nitrogens with two attached hydrogens (primary N) is 1. The summed E-state index contributed by atoms with van der Waals surface area (Å²) in [7, 11) is -3.66. The predicted molar refractivity (Wildman–Crippen MR) is 113 cm³/mol. The largest absolute Gasteiger partial charge is 0.238 e. The summed E-state index contributed by atoms with van der Waals surface area (Å²) in [6.45, 7) is 0. The van der Waals surface area contributed by atoms with Gasteiger partial charge < -0.3 is 0 Å². The van der Waals surface area contributed by atoms with Gasteiger partial charge >= 0.3 is 0 Å².